The first-order valence-corrected chi connectivity index (χ1v) is 11.3. The molecule has 0 saturated carbocycles. The van der Waals surface area contributed by atoms with Crippen molar-refractivity contribution in [3.05, 3.63) is 87.5 Å². The van der Waals surface area contributed by atoms with Crippen LogP contribution in [-0.2, 0) is 4.79 Å². The highest BCUT2D eigenvalue weighted by atomic mass is 35.5. The second-order valence-electron chi connectivity index (χ2n) is 7.91. The zero-order valence-corrected chi connectivity index (χ0v) is 20.6. The second kappa shape index (κ2) is 11.7. The molecule has 0 aliphatic carbocycles. The summed E-state index contributed by atoms with van der Waals surface area (Å²) in [5, 5.41) is 9.67. The molecule has 0 aromatic heterocycles. The molecular weight excluding hydrogens is 507 g/mol. The first kappa shape index (κ1) is 28.4. The Labute approximate surface area is 210 Å². The summed E-state index contributed by atoms with van der Waals surface area (Å²) < 4.78 is 57.1. The van der Waals surface area contributed by atoms with Gasteiger partial charge in [-0.1, -0.05) is 50.1 Å². The standard InChI is InChI=1S/C25H24Cl2F4N2O2/c1-4-14(3)19(20-17(26)9-6-10-18(20)28)21(24(27)35)22(34)16(12-32)23(25(29,30)31)33-15-8-5-7-13(2)11-15/h5-12,14,19,34H,4,32H2,1-3H3/b16-12?,22-21+,33-23?. The van der Waals surface area contributed by atoms with E-state index in [9.17, 15) is 27.5 Å². The predicted octanol–water partition coefficient (Wildman–Crippen LogP) is 7.67. The minimum atomic E-state index is -5.08. The van der Waals surface area contributed by atoms with Crippen LogP contribution < -0.4 is 5.73 Å². The number of nitrogens with two attached hydrogens (primary N) is 1. The Morgan fingerprint density at radius 1 is 1.23 bits per heavy atom. The summed E-state index contributed by atoms with van der Waals surface area (Å²) in [5.41, 5.74) is 2.71. The Morgan fingerprint density at radius 2 is 1.86 bits per heavy atom. The summed E-state index contributed by atoms with van der Waals surface area (Å²) in [7, 11) is 0. The topological polar surface area (TPSA) is 75.7 Å². The van der Waals surface area contributed by atoms with E-state index in [-0.39, 0.29) is 16.3 Å². The van der Waals surface area contributed by atoms with Crippen LogP contribution in [0.2, 0.25) is 5.02 Å². The van der Waals surface area contributed by atoms with Crippen LogP contribution in [0.1, 0.15) is 37.3 Å². The van der Waals surface area contributed by atoms with Gasteiger partial charge in [0.25, 0.3) is 5.24 Å². The van der Waals surface area contributed by atoms with Crippen molar-refractivity contribution in [2.24, 2.45) is 16.6 Å². The number of rotatable bonds is 8. The van der Waals surface area contributed by atoms with Crippen molar-refractivity contribution >= 4 is 39.8 Å². The van der Waals surface area contributed by atoms with Gasteiger partial charge in [0.05, 0.1) is 16.8 Å². The monoisotopic (exact) mass is 530 g/mol. The third-order valence-electron chi connectivity index (χ3n) is 5.49. The smallest absolute Gasteiger partial charge is 0.434 e. The molecule has 4 nitrogen and oxygen atoms in total. The van der Waals surface area contributed by atoms with E-state index in [1.165, 1.54) is 30.3 Å². The van der Waals surface area contributed by atoms with Crippen LogP contribution in [0.25, 0.3) is 0 Å². The molecule has 0 spiro atoms. The number of nitrogens with zero attached hydrogens (tertiary/aromatic N) is 1. The molecule has 2 aromatic carbocycles. The van der Waals surface area contributed by atoms with E-state index in [1.807, 2.05) is 0 Å². The fourth-order valence-corrected chi connectivity index (χ4v) is 4.13. The molecule has 0 radical (unpaired) electrons. The zero-order valence-electron chi connectivity index (χ0n) is 19.1. The molecule has 2 aromatic rings. The molecular formula is C25H24Cl2F4N2O2. The van der Waals surface area contributed by atoms with Crippen molar-refractivity contribution in [1.82, 2.24) is 0 Å². The third-order valence-corrected chi connectivity index (χ3v) is 6.02. The molecule has 0 heterocycles. The van der Waals surface area contributed by atoms with Gasteiger partial charge in [0.2, 0.25) is 0 Å². The van der Waals surface area contributed by atoms with Crippen LogP contribution >= 0.6 is 23.2 Å². The normalized spacial score (nSPS) is 15.5. The predicted molar refractivity (Wildman–Crippen MR) is 131 cm³/mol. The number of benzene rings is 2. The Hall–Kier alpha value is -2.84. The summed E-state index contributed by atoms with van der Waals surface area (Å²) in [6.07, 6.45) is -4.25. The average Bonchev–Trinajstić information content (AvgIpc) is 2.76. The van der Waals surface area contributed by atoms with Gasteiger partial charge >= 0.3 is 6.18 Å². The highest BCUT2D eigenvalue weighted by Gasteiger charge is 2.42. The number of carbonyl (C=O) groups excluding carboxylic acids is 1. The quantitative estimate of drug-likeness (QED) is 0.0917. The van der Waals surface area contributed by atoms with Gasteiger partial charge in [-0.15, -0.1) is 0 Å². The van der Waals surface area contributed by atoms with Gasteiger partial charge in [-0.25, -0.2) is 9.38 Å². The van der Waals surface area contributed by atoms with Crippen LogP contribution in [0.3, 0.4) is 0 Å². The molecule has 0 fully saturated rings. The number of alkyl halides is 3. The number of aryl methyl sites for hydroxylation is 1. The molecule has 2 rings (SSSR count). The molecule has 0 amide bonds. The summed E-state index contributed by atoms with van der Waals surface area (Å²) in [5.74, 6) is -3.82. The van der Waals surface area contributed by atoms with Crippen molar-refractivity contribution in [1.29, 1.82) is 0 Å². The number of hydrogen-bond acceptors (Lipinski definition) is 4. The van der Waals surface area contributed by atoms with E-state index in [1.54, 1.807) is 26.8 Å². The van der Waals surface area contributed by atoms with Gasteiger partial charge in [0, 0.05) is 22.7 Å². The fraction of sp³-hybridized carbons (Fsp3) is 0.280. The number of aliphatic imine (C=N–C) groups is 1. The van der Waals surface area contributed by atoms with Gasteiger partial charge in [-0.2, -0.15) is 13.2 Å². The molecule has 0 saturated heterocycles. The van der Waals surface area contributed by atoms with Gasteiger partial charge in [0.1, 0.15) is 11.6 Å². The molecule has 10 heteroatoms. The summed E-state index contributed by atoms with van der Waals surface area (Å²) in [6.45, 7) is 5.01. The average molecular weight is 531 g/mol. The molecule has 35 heavy (non-hydrogen) atoms. The van der Waals surface area contributed by atoms with Crippen molar-refractivity contribution in [3.8, 4) is 0 Å². The SMILES string of the molecule is CCC(C)C(/C(C(=O)Cl)=C(\O)C(=CN)C(=Nc1cccc(C)c1)C(F)(F)F)c1c(F)cccc1Cl. The Bertz CT molecular complexity index is 1170. The molecule has 0 bridgehead atoms. The lowest BCUT2D eigenvalue weighted by atomic mass is 9.78. The maximum Gasteiger partial charge on any atom is 0.434 e. The van der Waals surface area contributed by atoms with E-state index < -0.39 is 51.7 Å². The molecule has 0 aliphatic heterocycles. The Morgan fingerprint density at radius 3 is 2.34 bits per heavy atom. The highest BCUT2D eigenvalue weighted by molar-refractivity contribution is 6.68. The van der Waals surface area contributed by atoms with Gasteiger partial charge in [-0.05, 0) is 54.3 Å². The van der Waals surface area contributed by atoms with Gasteiger partial charge in [0.15, 0.2) is 5.71 Å². The third kappa shape index (κ3) is 6.64. The molecule has 2 unspecified atom stereocenters. The minimum Gasteiger partial charge on any atom is -0.507 e. The fourth-order valence-electron chi connectivity index (χ4n) is 3.64. The van der Waals surface area contributed by atoms with Crippen LogP contribution in [0.4, 0.5) is 23.2 Å². The number of aliphatic hydroxyl groups is 1. The number of aliphatic hydroxyl groups excluding tert-OH is 1. The molecule has 0 aliphatic rings. The number of allylic oxidation sites excluding steroid dienone is 2. The minimum absolute atomic E-state index is 0.0566. The van der Waals surface area contributed by atoms with E-state index >= 15 is 0 Å². The zero-order chi connectivity index (χ0) is 26.5. The molecule has 188 valence electrons. The highest BCUT2D eigenvalue weighted by Crippen LogP contribution is 2.42. The van der Waals surface area contributed by atoms with E-state index in [4.69, 9.17) is 28.9 Å². The van der Waals surface area contributed by atoms with E-state index in [0.717, 1.165) is 6.07 Å². The van der Waals surface area contributed by atoms with Crippen LogP contribution in [0.15, 0.2) is 70.6 Å². The van der Waals surface area contributed by atoms with Crippen LogP contribution in [0, 0.1) is 18.7 Å². The van der Waals surface area contributed by atoms with Crippen molar-refractivity contribution in [3.63, 3.8) is 0 Å². The van der Waals surface area contributed by atoms with E-state index in [2.05, 4.69) is 4.99 Å². The first-order chi connectivity index (χ1) is 16.3. The van der Waals surface area contributed by atoms with Crippen molar-refractivity contribution in [2.45, 2.75) is 39.3 Å². The van der Waals surface area contributed by atoms with Gasteiger partial charge in [-0.3, -0.25) is 4.79 Å². The molecule has 3 N–H and O–H groups in total. The van der Waals surface area contributed by atoms with E-state index in [0.29, 0.717) is 18.2 Å². The second-order valence-corrected chi connectivity index (χ2v) is 8.66. The summed E-state index contributed by atoms with van der Waals surface area (Å²) in [6, 6.07) is 9.70. The number of halogens is 6. The van der Waals surface area contributed by atoms with Crippen LogP contribution in [0.5, 0.6) is 0 Å². The number of hydrogen-bond donors (Lipinski definition) is 2. The summed E-state index contributed by atoms with van der Waals surface area (Å²) in [4.78, 5) is 16.2. The Balaban J connectivity index is 2.88. The lowest BCUT2D eigenvalue weighted by molar-refractivity contribution is -0.109. The first-order valence-electron chi connectivity index (χ1n) is 10.5. The number of carbonyl (C=O) groups is 1. The van der Waals surface area contributed by atoms with Crippen molar-refractivity contribution < 1.29 is 27.5 Å². The van der Waals surface area contributed by atoms with Crippen molar-refractivity contribution in [2.75, 3.05) is 0 Å². The lowest BCUT2D eigenvalue weighted by Crippen LogP contribution is -2.28. The molecule has 2 atom stereocenters. The van der Waals surface area contributed by atoms with Gasteiger partial charge < -0.3 is 10.8 Å². The summed E-state index contributed by atoms with van der Waals surface area (Å²) >= 11 is 12.0. The maximum atomic E-state index is 14.9. The largest absolute Gasteiger partial charge is 0.507 e. The Kier molecular flexibility index (Phi) is 9.52. The van der Waals surface area contributed by atoms with Crippen LogP contribution in [-0.4, -0.2) is 22.2 Å². The maximum absolute atomic E-state index is 14.9. The lowest BCUT2D eigenvalue weighted by Gasteiger charge is -2.27.